The Kier molecular flexibility index (Phi) is 8.34. The monoisotopic (exact) mass is 475 g/mol. The molecule has 1 aliphatic heterocycles. The van der Waals surface area contributed by atoms with Crippen molar-refractivity contribution in [1.29, 1.82) is 0 Å². The Morgan fingerprint density at radius 3 is 2.41 bits per heavy atom. The number of anilines is 1. The molecule has 0 unspecified atom stereocenters. The van der Waals surface area contributed by atoms with Gasteiger partial charge in [0.2, 0.25) is 15.9 Å². The highest BCUT2D eigenvalue weighted by molar-refractivity contribution is 7.89. The lowest BCUT2D eigenvalue weighted by molar-refractivity contribution is -0.115. The van der Waals surface area contributed by atoms with E-state index in [-0.39, 0.29) is 15.9 Å². The van der Waals surface area contributed by atoms with Crippen LogP contribution in [0.2, 0.25) is 0 Å². The molecule has 1 saturated heterocycles. The third kappa shape index (κ3) is 6.60. The lowest BCUT2D eigenvalue weighted by Crippen LogP contribution is -2.40. The van der Waals surface area contributed by atoms with Crippen LogP contribution in [-0.4, -0.2) is 56.7 Å². The summed E-state index contributed by atoms with van der Waals surface area (Å²) in [6.45, 7) is 3.95. The number of rotatable bonds is 7. The van der Waals surface area contributed by atoms with Crippen LogP contribution in [0.25, 0.3) is 6.08 Å². The van der Waals surface area contributed by atoms with Crippen LogP contribution >= 0.6 is 12.2 Å². The Bertz CT molecular complexity index is 1060. The van der Waals surface area contributed by atoms with Gasteiger partial charge in [0.15, 0.2) is 5.11 Å². The van der Waals surface area contributed by atoms with E-state index in [1.165, 1.54) is 22.5 Å². The molecule has 0 spiro atoms. The number of sulfonamides is 1. The van der Waals surface area contributed by atoms with Gasteiger partial charge in [0, 0.05) is 24.9 Å². The van der Waals surface area contributed by atoms with Gasteiger partial charge >= 0.3 is 0 Å². The van der Waals surface area contributed by atoms with Crippen LogP contribution < -0.4 is 15.4 Å². The third-order valence-electron chi connectivity index (χ3n) is 4.58. The number of amides is 1. The summed E-state index contributed by atoms with van der Waals surface area (Å²) in [5, 5.41) is 5.53. The molecule has 3 rings (SSSR count). The Labute approximate surface area is 193 Å². The number of thiocarbonyl (C=S) groups is 1. The topological polar surface area (TPSA) is 97.0 Å². The standard InChI is InChI=1S/C22H25N3O5S2/c1-2-30-19-8-3-17(4-9-19)5-12-21(26)24-22(31)23-18-6-10-20(11-7-18)32(27,28)25-13-15-29-16-14-25/h3-12H,2,13-16H2,1H3,(H2,23,24,26,31)/b12-5+. The van der Waals surface area contributed by atoms with E-state index in [2.05, 4.69) is 10.6 Å². The van der Waals surface area contributed by atoms with Crippen LogP contribution in [-0.2, 0) is 19.6 Å². The molecule has 32 heavy (non-hydrogen) atoms. The number of benzene rings is 2. The number of carbonyl (C=O) groups excluding carboxylic acids is 1. The summed E-state index contributed by atoms with van der Waals surface area (Å²) >= 11 is 5.16. The van der Waals surface area contributed by atoms with E-state index in [1.54, 1.807) is 18.2 Å². The van der Waals surface area contributed by atoms with Gasteiger partial charge in [0.05, 0.1) is 24.7 Å². The molecule has 0 aromatic heterocycles. The minimum absolute atomic E-state index is 0.107. The Balaban J connectivity index is 1.52. The second kappa shape index (κ2) is 11.2. The molecule has 8 nitrogen and oxygen atoms in total. The molecule has 2 aromatic rings. The van der Waals surface area contributed by atoms with Gasteiger partial charge < -0.3 is 14.8 Å². The molecule has 0 radical (unpaired) electrons. The first-order valence-corrected chi connectivity index (χ1v) is 11.9. The van der Waals surface area contributed by atoms with E-state index in [0.29, 0.717) is 38.6 Å². The summed E-state index contributed by atoms with van der Waals surface area (Å²) in [5.74, 6) is 0.381. The fourth-order valence-electron chi connectivity index (χ4n) is 2.98. The predicted molar refractivity (Wildman–Crippen MR) is 127 cm³/mol. The van der Waals surface area contributed by atoms with Crippen LogP contribution in [0, 0.1) is 0 Å². The van der Waals surface area contributed by atoms with Gasteiger partial charge in [-0.25, -0.2) is 8.42 Å². The van der Waals surface area contributed by atoms with E-state index >= 15 is 0 Å². The van der Waals surface area contributed by atoms with Crippen molar-refractivity contribution in [2.24, 2.45) is 0 Å². The Morgan fingerprint density at radius 1 is 1.12 bits per heavy atom. The second-order valence-corrected chi connectivity index (χ2v) is 9.17. The Morgan fingerprint density at radius 2 is 1.78 bits per heavy atom. The molecule has 2 N–H and O–H groups in total. The maximum absolute atomic E-state index is 12.7. The predicted octanol–water partition coefficient (Wildman–Crippen LogP) is 2.63. The van der Waals surface area contributed by atoms with Crippen LogP contribution in [0.3, 0.4) is 0 Å². The summed E-state index contributed by atoms with van der Waals surface area (Å²) in [5.41, 5.74) is 1.41. The van der Waals surface area contributed by atoms with E-state index < -0.39 is 10.0 Å². The fourth-order valence-corrected chi connectivity index (χ4v) is 4.60. The maximum atomic E-state index is 12.7. The van der Waals surface area contributed by atoms with Gasteiger partial charge in [-0.1, -0.05) is 12.1 Å². The average Bonchev–Trinajstić information content (AvgIpc) is 2.80. The first-order chi connectivity index (χ1) is 15.4. The van der Waals surface area contributed by atoms with Gasteiger partial charge in [-0.15, -0.1) is 0 Å². The van der Waals surface area contributed by atoms with Crippen molar-refractivity contribution in [3.05, 3.63) is 60.2 Å². The number of hydrogen-bond donors (Lipinski definition) is 2. The zero-order chi connectivity index (χ0) is 23.0. The SMILES string of the molecule is CCOc1ccc(/C=C/C(=O)NC(=S)Nc2ccc(S(=O)(=O)N3CCOCC3)cc2)cc1. The number of nitrogens with zero attached hydrogens (tertiary/aromatic N) is 1. The minimum atomic E-state index is -3.56. The van der Waals surface area contributed by atoms with Crippen LogP contribution in [0.15, 0.2) is 59.5 Å². The van der Waals surface area contributed by atoms with Crippen molar-refractivity contribution >= 4 is 45.0 Å². The van der Waals surface area contributed by atoms with Crippen molar-refractivity contribution in [3.8, 4) is 5.75 Å². The number of carbonyl (C=O) groups is 1. The van der Waals surface area contributed by atoms with Crippen LogP contribution in [0.1, 0.15) is 12.5 Å². The van der Waals surface area contributed by atoms with E-state index in [1.807, 2.05) is 31.2 Å². The number of hydrogen-bond acceptors (Lipinski definition) is 6. The highest BCUT2D eigenvalue weighted by Crippen LogP contribution is 2.19. The summed E-state index contributed by atoms with van der Waals surface area (Å²) < 4.78 is 37.3. The third-order valence-corrected chi connectivity index (χ3v) is 6.69. The molecule has 1 aliphatic rings. The smallest absolute Gasteiger partial charge is 0.250 e. The number of nitrogens with one attached hydrogen (secondary N) is 2. The Hall–Kier alpha value is -2.79. The number of ether oxygens (including phenoxy) is 2. The van der Waals surface area contributed by atoms with Gasteiger partial charge in [0.25, 0.3) is 0 Å². The van der Waals surface area contributed by atoms with Gasteiger partial charge in [-0.3, -0.25) is 10.1 Å². The van der Waals surface area contributed by atoms with Crippen molar-refractivity contribution in [1.82, 2.24) is 9.62 Å². The maximum Gasteiger partial charge on any atom is 0.250 e. The normalized spacial score (nSPS) is 14.8. The molecule has 0 saturated carbocycles. The van der Waals surface area contributed by atoms with Gasteiger partial charge in [-0.2, -0.15) is 4.31 Å². The molecule has 1 amide bonds. The van der Waals surface area contributed by atoms with Crippen molar-refractivity contribution in [2.45, 2.75) is 11.8 Å². The van der Waals surface area contributed by atoms with E-state index in [9.17, 15) is 13.2 Å². The second-order valence-electron chi connectivity index (χ2n) is 6.82. The summed E-state index contributed by atoms with van der Waals surface area (Å²) in [7, 11) is -3.56. The molecular weight excluding hydrogens is 450 g/mol. The molecule has 2 aromatic carbocycles. The quantitative estimate of drug-likeness (QED) is 0.469. The molecular formula is C22H25N3O5S2. The van der Waals surface area contributed by atoms with Crippen molar-refractivity contribution < 1.29 is 22.7 Å². The molecule has 1 heterocycles. The summed E-state index contributed by atoms with van der Waals surface area (Å²) in [6.07, 6.45) is 3.04. The molecule has 1 fully saturated rings. The van der Waals surface area contributed by atoms with Crippen LogP contribution in [0.5, 0.6) is 5.75 Å². The summed E-state index contributed by atoms with van der Waals surface area (Å²) in [6, 6.07) is 13.6. The highest BCUT2D eigenvalue weighted by Gasteiger charge is 2.26. The van der Waals surface area contributed by atoms with E-state index in [4.69, 9.17) is 21.7 Å². The highest BCUT2D eigenvalue weighted by atomic mass is 32.2. The number of morpholine rings is 1. The van der Waals surface area contributed by atoms with Crippen molar-refractivity contribution in [2.75, 3.05) is 38.2 Å². The van der Waals surface area contributed by atoms with Gasteiger partial charge in [0.1, 0.15) is 5.75 Å². The lowest BCUT2D eigenvalue weighted by Gasteiger charge is -2.26. The lowest BCUT2D eigenvalue weighted by atomic mass is 10.2. The minimum Gasteiger partial charge on any atom is -0.494 e. The summed E-state index contributed by atoms with van der Waals surface area (Å²) in [4.78, 5) is 12.3. The molecule has 0 bridgehead atoms. The average molecular weight is 476 g/mol. The first-order valence-electron chi connectivity index (χ1n) is 10.1. The van der Waals surface area contributed by atoms with Crippen LogP contribution in [0.4, 0.5) is 5.69 Å². The zero-order valence-electron chi connectivity index (χ0n) is 17.6. The fraction of sp³-hybridized carbons (Fsp3) is 0.273. The van der Waals surface area contributed by atoms with Gasteiger partial charge in [-0.05, 0) is 67.2 Å². The molecule has 0 aliphatic carbocycles. The molecule has 10 heteroatoms. The largest absolute Gasteiger partial charge is 0.494 e. The zero-order valence-corrected chi connectivity index (χ0v) is 19.2. The van der Waals surface area contributed by atoms with E-state index in [0.717, 1.165) is 11.3 Å². The first kappa shape index (κ1) is 23.9. The molecule has 0 atom stereocenters. The van der Waals surface area contributed by atoms with Crippen molar-refractivity contribution in [3.63, 3.8) is 0 Å². The molecule has 170 valence electrons.